The second-order valence-electron chi connectivity index (χ2n) is 13.6. The van der Waals surface area contributed by atoms with Crippen LogP contribution in [0.1, 0.15) is 91.9 Å². The van der Waals surface area contributed by atoms with Gasteiger partial charge in [-0.25, -0.2) is 4.98 Å². The van der Waals surface area contributed by atoms with Crippen LogP contribution in [-0.4, -0.2) is 63.4 Å². The molecule has 0 unspecified atom stereocenters. The van der Waals surface area contributed by atoms with Crippen molar-refractivity contribution in [3.63, 3.8) is 0 Å². The monoisotopic (exact) mass is 738 g/mol. The zero-order chi connectivity index (χ0) is 38.5. The molecule has 3 atom stereocenters. The first kappa shape index (κ1) is 41.1. The molecule has 0 spiro atoms. The zero-order valence-electron chi connectivity index (χ0n) is 31.1. The van der Waals surface area contributed by atoms with Gasteiger partial charge in [0.25, 0.3) is 5.91 Å². The number of benzene rings is 3. The van der Waals surface area contributed by atoms with Gasteiger partial charge in [0.15, 0.2) is 0 Å². The van der Waals surface area contributed by atoms with Crippen LogP contribution < -0.4 is 26.4 Å². The van der Waals surface area contributed by atoms with Gasteiger partial charge in [0.05, 0.1) is 12.9 Å². The van der Waals surface area contributed by atoms with Gasteiger partial charge >= 0.3 is 0 Å². The molecular weight excluding hydrogens is 684 g/mol. The average Bonchev–Trinajstić information content (AvgIpc) is 3.69. The molecule has 54 heavy (non-hydrogen) atoms. The molecule has 12 heteroatoms. The summed E-state index contributed by atoms with van der Waals surface area (Å²) in [5.41, 5.74) is 8.03. The Morgan fingerprint density at radius 3 is 1.89 bits per heavy atom. The second kappa shape index (κ2) is 22.4. The molecule has 0 fully saturated rings. The Hall–Kier alpha value is -5.65. The van der Waals surface area contributed by atoms with E-state index in [1.165, 1.54) is 63.4 Å². The molecule has 4 amide bonds. The third kappa shape index (κ3) is 14.4. The van der Waals surface area contributed by atoms with Crippen molar-refractivity contribution in [2.45, 2.75) is 102 Å². The maximum Gasteiger partial charge on any atom is 0.251 e. The van der Waals surface area contributed by atoms with Gasteiger partial charge in [0.2, 0.25) is 17.7 Å². The quantitative estimate of drug-likeness (QED) is 0.0526. The minimum atomic E-state index is -1.16. The van der Waals surface area contributed by atoms with Gasteiger partial charge in [-0.05, 0) is 53.9 Å². The molecule has 0 bridgehead atoms. The van der Waals surface area contributed by atoms with E-state index >= 15 is 0 Å². The van der Waals surface area contributed by atoms with Crippen LogP contribution in [0.15, 0.2) is 91.4 Å². The number of H-pyrrole nitrogens is 1. The van der Waals surface area contributed by atoms with Crippen molar-refractivity contribution in [1.29, 1.82) is 0 Å². The van der Waals surface area contributed by atoms with E-state index in [4.69, 9.17) is 10.5 Å². The third-order valence-electron chi connectivity index (χ3n) is 9.19. The standard InChI is InChI=1S/C42H54N6O6/c1-2-3-4-5-6-7-8-9-13-24-54-35-22-18-32(19-23-35)40(51)47-38(27-33-28-44-29-45-33)42(53)48-37(26-31-16-20-34(49)21-17-31)41(52)46-36(39(43)50)25-30-14-11-10-12-15-30/h10-12,14-23,28-29,36-38,49H,2-9,13,24-27H2,1H3,(H2,43,50)(H,44,45)(H,46,52)(H,47,51)(H,48,53)/t36-,37-,38-/m0/s1. The molecule has 0 aliphatic carbocycles. The van der Waals surface area contributed by atoms with E-state index in [1.807, 2.05) is 30.3 Å². The van der Waals surface area contributed by atoms with Gasteiger partial charge in [-0.1, -0.05) is 101 Å². The number of nitrogens with zero attached hydrogens (tertiary/aromatic N) is 1. The van der Waals surface area contributed by atoms with Crippen molar-refractivity contribution < 1.29 is 29.0 Å². The molecule has 3 aromatic carbocycles. The molecule has 7 N–H and O–H groups in total. The number of primary amides is 1. The van der Waals surface area contributed by atoms with E-state index in [-0.39, 0.29) is 25.0 Å². The van der Waals surface area contributed by atoms with Crippen LogP contribution in [0.3, 0.4) is 0 Å². The van der Waals surface area contributed by atoms with Crippen molar-refractivity contribution >= 4 is 23.6 Å². The zero-order valence-corrected chi connectivity index (χ0v) is 31.1. The molecular formula is C42H54N6O6. The van der Waals surface area contributed by atoms with Crippen LogP contribution in [-0.2, 0) is 33.6 Å². The maximum absolute atomic E-state index is 13.9. The highest BCUT2D eigenvalue weighted by Crippen LogP contribution is 2.16. The summed E-state index contributed by atoms with van der Waals surface area (Å²) in [7, 11) is 0. The summed E-state index contributed by atoms with van der Waals surface area (Å²) in [6.07, 6.45) is 14.3. The van der Waals surface area contributed by atoms with Gasteiger partial charge in [0.1, 0.15) is 29.6 Å². The number of carbonyl (C=O) groups is 4. The number of aromatic nitrogens is 2. The lowest BCUT2D eigenvalue weighted by Gasteiger charge is -2.25. The normalized spacial score (nSPS) is 12.6. The smallest absolute Gasteiger partial charge is 0.251 e. The predicted octanol–water partition coefficient (Wildman–Crippen LogP) is 5.31. The van der Waals surface area contributed by atoms with Crippen molar-refractivity contribution in [3.05, 3.63) is 114 Å². The molecule has 4 rings (SSSR count). The van der Waals surface area contributed by atoms with Gasteiger partial charge in [0, 0.05) is 36.7 Å². The van der Waals surface area contributed by atoms with Gasteiger partial charge in [-0.2, -0.15) is 0 Å². The number of carbonyl (C=O) groups excluding carboxylic acids is 4. The highest BCUT2D eigenvalue weighted by molar-refractivity contribution is 5.99. The molecule has 288 valence electrons. The Bertz CT molecular complexity index is 1710. The van der Waals surface area contributed by atoms with Crippen LogP contribution >= 0.6 is 0 Å². The second-order valence-corrected chi connectivity index (χ2v) is 13.6. The molecule has 12 nitrogen and oxygen atoms in total. The SMILES string of the molecule is CCCCCCCCCCCOc1ccc(C(=O)N[C@@H](Cc2cnc[nH]2)C(=O)N[C@@H](Cc2ccc(O)cc2)C(=O)N[C@@H](Cc2ccccc2)C(N)=O)cc1. The number of ether oxygens (including phenoxy) is 1. The molecule has 0 aliphatic rings. The van der Waals surface area contributed by atoms with Gasteiger partial charge < -0.3 is 36.5 Å². The summed E-state index contributed by atoms with van der Waals surface area (Å²) in [6, 6.07) is 18.8. The Labute approximate surface area is 317 Å². The number of aromatic amines is 1. The molecule has 0 saturated carbocycles. The molecule has 0 aliphatic heterocycles. The Kier molecular flexibility index (Phi) is 17.1. The number of nitrogens with one attached hydrogen (secondary N) is 4. The summed E-state index contributed by atoms with van der Waals surface area (Å²) in [4.78, 5) is 60.6. The minimum absolute atomic E-state index is 0.0277. The number of phenols is 1. The highest BCUT2D eigenvalue weighted by atomic mass is 16.5. The number of aromatic hydroxyl groups is 1. The lowest BCUT2D eigenvalue weighted by atomic mass is 10.0. The van der Waals surface area contributed by atoms with Crippen molar-refractivity contribution in [1.82, 2.24) is 25.9 Å². The number of nitrogens with two attached hydrogens (primary N) is 1. The van der Waals surface area contributed by atoms with Crippen LogP contribution in [0.5, 0.6) is 11.5 Å². The fraction of sp³-hybridized carbons (Fsp3) is 0.405. The average molecular weight is 739 g/mol. The lowest BCUT2D eigenvalue weighted by Crippen LogP contribution is -2.57. The number of rotatable bonds is 24. The summed E-state index contributed by atoms with van der Waals surface area (Å²) in [6.45, 7) is 2.82. The lowest BCUT2D eigenvalue weighted by molar-refractivity contribution is -0.131. The molecule has 4 aromatic rings. The van der Waals surface area contributed by atoms with Crippen molar-refractivity contribution in [2.75, 3.05) is 6.61 Å². The van der Waals surface area contributed by atoms with Crippen LogP contribution in [0.25, 0.3) is 0 Å². The first-order valence-corrected chi connectivity index (χ1v) is 18.9. The maximum atomic E-state index is 13.9. The Morgan fingerprint density at radius 1 is 0.704 bits per heavy atom. The fourth-order valence-corrected chi connectivity index (χ4v) is 6.07. The first-order chi connectivity index (χ1) is 26.2. The van der Waals surface area contributed by atoms with Crippen LogP contribution in [0.2, 0.25) is 0 Å². The number of hydrogen-bond acceptors (Lipinski definition) is 7. The highest BCUT2D eigenvalue weighted by Gasteiger charge is 2.30. The third-order valence-corrected chi connectivity index (χ3v) is 9.19. The number of amides is 4. The summed E-state index contributed by atoms with van der Waals surface area (Å²) in [5, 5.41) is 18.1. The van der Waals surface area contributed by atoms with Crippen molar-refractivity contribution in [3.8, 4) is 11.5 Å². The largest absolute Gasteiger partial charge is 0.508 e. The molecule has 0 saturated heterocycles. The van der Waals surface area contributed by atoms with Crippen LogP contribution in [0, 0.1) is 0 Å². The topological polar surface area (TPSA) is 189 Å². The number of unbranched alkanes of at least 4 members (excludes halogenated alkanes) is 8. The fourth-order valence-electron chi connectivity index (χ4n) is 6.07. The summed E-state index contributed by atoms with van der Waals surface area (Å²) >= 11 is 0. The van der Waals surface area contributed by atoms with E-state index in [0.29, 0.717) is 29.2 Å². The molecule has 0 radical (unpaired) electrons. The van der Waals surface area contributed by atoms with E-state index in [2.05, 4.69) is 32.8 Å². The Morgan fingerprint density at radius 2 is 1.28 bits per heavy atom. The van der Waals surface area contributed by atoms with Crippen LogP contribution in [0.4, 0.5) is 0 Å². The summed E-state index contributed by atoms with van der Waals surface area (Å²) < 4.78 is 5.90. The Balaban J connectivity index is 1.40. The van der Waals surface area contributed by atoms with E-state index in [0.717, 1.165) is 18.4 Å². The van der Waals surface area contributed by atoms with E-state index < -0.39 is 41.8 Å². The summed E-state index contributed by atoms with van der Waals surface area (Å²) in [5.74, 6) is -1.79. The van der Waals surface area contributed by atoms with Gasteiger partial charge in [-0.3, -0.25) is 19.2 Å². The van der Waals surface area contributed by atoms with E-state index in [1.54, 1.807) is 42.6 Å². The minimum Gasteiger partial charge on any atom is -0.508 e. The molecule has 1 aromatic heterocycles. The van der Waals surface area contributed by atoms with E-state index in [9.17, 15) is 24.3 Å². The van der Waals surface area contributed by atoms with Crippen molar-refractivity contribution in [2.24, 2.45) is 5.73 Å². The number of imidazole rings is 1. The number of phenolic OH excluding ortho intramolecular Hbond substituents is 1. The predicted molar refractivity (Wildman–Crippen MR) is 208 cm³/mol. The van der Waals surface area contributed by atoms with Gasteiger partial charge in [-0.15, -0.1) is 0 Å². The number of hydrogen-bond donors (Lipinski definition) is 6. The first-order valence-electron chi connectivity index (χ1n) is 18.9. The molecule has 1 heterocycles.